The van der Waals surface area contributed by atoms with Crippen LogP contribution in [0.3, 0.4) is 0 Å². The van der Waals surface area contributed by atoms with E-state index in [-0.39, 0.29) is 24.0 Å². The van der Waals surface area contributed by atoms with Crippen LogP contribution < -0.4 is 10.6 Å². The summed E-state index contributed by atoms with van der Waals surface area (Å²) >= 11 is 7.32. The van der Waals surface area contributed by atoms with Gasteiger partial charge in [-0.15, -0.1) is 35.3 Å². The molecular weight excluding hydrogens is 483 g/mol. The molecule has 0 amide bonds. The van der Waals surface area contributed by atoms with Crippen molar-refractivity contribution < 1.29 is 5.11 Å². The third-order valence-corrected chi connectivity index (χ3v) is 5.44. The second-order valence-electron chi connectivity index (χ2n) is 6.53. The molecular formula is C18H30ClIN4OS. The fourth-order valence-corrected chi connectivity index (χ4v) is 3.94. The van der Waals surface area contributed by atoms with Crippen molar-refractivity contribution in [3.05, 3.63) is 33.5 Å². The highest BCUT2D eigenvalue weighted by atomic mass is 127. The highest BCUT2D eigenvalue weighted by Crippen LogP contribution is 2.26. The van der Waals surface area contributed by atoms with Gasteiger partial charge in [0.25, 0.3) is 0 Å². The Balaban J connectivity index is 0.00000338. The van der Waals surface area contributed by atoms with Gasteiger partial charge >= 0.3 is 0 Å². The zero-order valence-corrected chi connectivity index (χ0v) is 19.4. The molecule has 5 nitrogen and oxygen atoms in total. The first kappa shape index (κ1) is 23.7. The highest BCUT2D eigenvalue weighted by molar-refractivity contribution is 14.0. The minimum absolute atomic E-state index is 0. The van der Waals surface area contributed by atoms with E-state index in [1.807, 2.05) is 13.0 Å². The van der Waals surface area contributed by atoms with Crippen LogP contribution in [0.2, 0.25) is 4.34 Å². The van der Waals surface area contributed by atoms with Crippen LogP contribution in [0.25, 0.3) is 0 Å². The number of hydrogen-bond acceptors (Lipinski definition) is 4. The summed E-state index contributed by atoms with van der Waals surface area (Å²) in [6.07, 6.45) is 1.55. The Morgan fingerprint density at radius 3 is 2.69 bits per heavy atom. The van der Waals surface area contributed by atoms with Crippen LogP contribution >= 0.6 is 46.9 Å². The summed E-state index contributed by atoms with van der Waals surface area (Å²) in [4.78, 5) is 7.83. The van der Waals surface area contributed by atoms with Gasteiger partial charge in [-0.3, -0.25) is 9.89 Å². The number of aliphatic hydroxyl groups excluding tert-OH is 1. The molecule has 1 unspecified atom stereocenters. The molecule has 3 N–H and O–H groups in total. The first-order chi connectivity index (χ1) is 12.0. The molecule has 1 aliphatic heterocycles. The zero-order valence-electron chi connectivity index (χ0n) is 15.5. The smallest absolute Gasteiger partial charge is 0.191 e. The number of likely N-dealkylation sites (tertiary alicyclic amines) is 1. The molecule has 1 saturated heterocycles. The van der Waals surface area contributed by atoms with E-state index in [2.05, 4.69) is 34.0 Å². The molecule has 0 saturated carbocycles. The van der Waals surface area contributed by atoms with Crippen molar-refractivity contribution in [2.75, 3.05) is 32.7 Å². The van der Waals surface area contributed by atoms with E-state index >= 15 is 0 Å². The largest absolute Gasteiger partial charge is 0.386 e. The monoisotopic (exact) mass is 512 g/mol. The first-order valence-electron chi connectivity index (χ1n) is 8.82. The fraction of sp³-hybridized carbons (Fsp3) is 0.611. The SMILES string of the molecule is C=C(C)CN1CCC(NC(=NCC(O)c2ccc(Cl)s2)NCC)CC1.I. The van der Waals surface area contributed by atoms with Crippen molar-refractivity contribution in [2.45, 2.75) is 38.8 Å². The van der Waals surface area contributed by atoms with E-state index in [1.165, 1.54) is 16.9 Å². The number of nitrogens with one attached hydrogen (secondary N) is 2. The van der Waals surface area contributed by atoms with E-state index in [1.54, 1.807) is 6.07 Å². The van der Waals surface area contributed by atoms with Gasteiger partial charge in [0.1, 0.15) is 6.10 Å². The summed E-state index contributed by atoms with van der Waals surface area (Å²) in [7, 11) is 0. The van der Waals surface area contributed by atoms with Crippen molar-refractivity contribution in [2.24, 2.45) is 4.99 Å². The van der Waals surface area contributed by atoms with Gasteiger partial charge in [0.05, 0.1) is 10.9 Å². The molecule has 0 bridgehead atoms. The summed E-state index contributed by atoms with van der Waals surface area (Å²) in [5.74, 6) is 0.766. The third kappa shape index (κ3) is 8.12. The Hall–Kier alpha value is -0.350. The highest BCUT2D eigenvalue weighted by Gasteiger charge is 2.20. The number of nitrogens with zero attached hydrogens (tertiary/aromatic N) is 2. The predicted molar refractivity (Wildman–Crippen MR) is 123 cm³/mol. The lowest BCUT2D eigenvalue weighted by atomic mass is 10.0. The number of thiophene rings is 1. The minimum atomic E-state index is -0.620. The number of aliphatic hydroxyl groups is 1. The van der Waals surface area contributed by atoms with Gasteiger partial charge in [-0.1, -0.05) is 23.8 Å². The minimum Gasteiger partial charge on any atom is -0.386 e. The van der Waals surface area contributed by atoms with E-state index in [9.17, 15) is 5.11 Å². The van der Waals surface area contributed by atoms with Gasteiger partial charge < -0.3 is 15.7 Å². The quantitative estimate of drug-likeness (QED) is 0.226. The van der Waals surface area contributed by atoms with E-state index < -0.39 is 6.10 Å². The lowest BCUT2D eigenvalue weighted by Crippen LogP contribution is -2.49. The standard InChI is InChI=1S/C18H29ClN4OS.HI/c1-4-20-18(21-11-15(24)16-5-6-17(19)25-16)22-14-7-9-23(10-8-14)12-13(2)3;/h5-6,14-15,24H,2,4,7-12H2,1,3H3,(H2,20,21,22);1H. The summed E-state index contributed by atoms with van der Waals surface area (Å²) in [6, 6.07) is 4.06. The molecule has 8 heteroatoms. The molecule has 0 spiro atoms. The molecule has 2 heterocycles. The van der Waals surface area contributed by atoms with Crippen LogP contribution in [0.5, 0.6) is 0 Å². The normalized spacial score (nSPS) is 17.5. The molecule has 0 radical (unpaired) electrons. The van der Waals surface area contributed by atoms with Gasteiger partial charge in [-0.25, -0.2) is 0 Å². The first-order valence-corrected chi connectivity index (χ1v) is 10.0. The number of rotatable bonds is 7. The molecule has 1 fully saturated rings. The molecule has 1 atom stereocenters. The van der Waals surface area contributed by atoms with Crippen molar-refractivity contribution >= 4 is 52.9 Å². The number of guanidine groups is 1. The van der Waals surface area contributed by atoms with E-state index in [0.29, 0.717) is 16.9 Å². The second-order valence-corrected chi connectivity index (χ2v) is 8.28. The molecule has 0 aliphatic carbocycles. The summed E-state index contributed by atoms with van der Waals surface area (Å²) < 4.78 is 0.685. The van der Waals surface area contributed by atoms with Gasteiger partial charge in [-0.2, -0.15) is 0 Å². The predicted octanol–water partition coefficient (Wildman–Crippen LogP) is 3.65. The van der Waals surface area contributed by atoms with Crippen LogP contribution in [0, 0.1) is 0 Å². The lowest BCUT2D eigenvalue weighted by molar-refractivity contribution is 0.190. The average Bonchev–Trinajstić information content (AvgIpc) is 3.00. The van der Waals surface area contributed by atoms with Crippen LogP contribution in [-0.4, -0.2) is 54.7 Å². The Labute approximate surface area is 182 Å². The van der Waals surface area contributed by atoms with Gasteiger partial charge in [0, 0.05) is 37.1 Å². The Kier molecular flexibility index (Phi) is 11.1. The summed E-state index contributed by atoms with van der Waals surface area (Å²) in [5.41, 5.74) is 1.21. The van der Waals surface area contributed by atoms with Crippen molar-refractivity contribution in [3.8, 4) is 0 Å². The molecule has 2 rings (SSSR count). The summed E-state index contributed by atoms with van der Waals surface area (Å²) in [5, 5.41) is 17.0. The number of aliphatic imine (C=N–C) groups is 1. The van der Waals surface area contributed by atoms with Crippen LogP contribution in [0.15, 0.2) is 29.3 Å². The summed E-state index contributed by atoms with van der Waals surface area (Å²) in [6.45, 7) is 12.3. The molecule has 1 aromatic heterocycles. The molecule has 26 heavy (non-hydrogen) atoms. The van der Waals surface area contributed by atoms with Crippen molar-refractivity contribution in [1.82, 2.24) is 15.5 Å². The molecule has 1 aromatic rings. The van der Waals surface area contributed by atoms with Crippen LogP contribution in [0.4, 0.5) is 0 Å². The van der Waals surface area contributed by atoms with Crippen LogP contribution in [-0.2, 0) is 0 Å². The molecule has 0 aromatic carbocycles. The second kappa shape index (κ2) is 12.2. The number of hydrogen-bond donors (Lipinski definition) is 3. The topological polar surface area (TPSA) is 59.9 Å². The number of piperidine rings is 1. The Morgan fingerprint density at radius 2 is 2.15 bits per heavy atom. The van der Waals surface area contributed by atoms with E-state index in [4.69, 9.17) is 11.6 Å². The van der Waals surface area contributed by atoms with Crippen molar-refractivity contribution in [3.63, 3.8) is 0 Å². The molecule has 148 valence electrons. The van der Waals surface area contributed by atoms with Gasteiger partial charge in [0.15, 0.2) is 5.96 Å². The molecule has 1 aliphatic rings. The zero-order chi connectivity index (χ0) is 18.2. The Bertz CT molecular complexity index is 588. The van der Waals surface area contributed by atoms with Crippen molar-refractivity contribution in [1.29, 1.82) is 0 Å². The fourth-order valence-electron chi connectivity index (χ4n) is 2.91. The maximum Gasteiger partial charge on any atom is 0.191 e. The maximum absolute atomic E-state index is 10.2. The third-order valence-electron chi connectivity index (χ3n) is 4.11. The van der Waals surface area contributed by atoms with Gasteiger partial charge in [0.2, 0.25) is 0 Å². The maximum atomic E-state index is 10.2. The number of halogens is 2. The lowest BCUT2D eigenvalue weighted by Gasteiger charge is -2.33. The van der Waals surface area contributed by atoms with E-state index in [0.717, 1.165) is 49.9 Å². The average molecular weight is 513 g/mol. The van der Waals surface area contributed by atoms with Gasteiger partial charge in [-0.05, 0) is 38.8 Å². The van der Waals surface area contributed by atoms with Crippen LogP contribution in [0.1, 0.15) is 37.7 Å². The Morgan fingerprint density at radius 1 is 1.46 bits per heavy atom.